The number of carbonyl (C=O) groups is 3. The summed E-state index contributed by atoms with van der Waals surface area (Å²) in [5.41, 5.74) is 1.16. The van der Waals surface area contributed by atoms with Gasteiger partial charge in [-0.1, -0.05) is 24.3 Å². The van der Waals surface area contributed by atoms with Crippen molar-refractivity contribution in [3.05, 3.63) is 46.5 Å². The molecule has 1 aromatic rings. The number of esters is 1. The average molecular weight is 354 g/mol. The fourth-order valence-electron chi connectivity index (χ4n) is 4.57. The summed E-state index contributed by atoms with van der Waals surface area (Å²) in [7, 11) is 0. The summed E-state index contributed by atoms with van der Waals surface area (Å²) in [6, 6.07) is 6.74. The normalized spacial score (nSPS) is 35.9. The highest BCUT2D eigenvalue weighted by atomic mass is 16.7. The lowest BCUT2D eigenvalue weighted by molar-refractivity contribution is -0.280. The van der Waals surface area contributed by atoms with Crippen LogP contribution in [0, 0.1) is 0 Å². The average Bonchev–Trinajstić information content (AvgIpc) is 2.98. The summed E-state index contributed by atoms with van der Waals surface area (Å²) in [6.45, 7) is 1.93. The molecule has 0 radical (unpaired) electrons. The van der Waals surface area contributed by atoms with Crippen LogP contribution in [0.15, 0.2) is 35.4 Å². The van der Waals surface area contributed by atoms with E-state index in [0.717, 1.165) is 12.8 Å². The Balaban J connectivity index is 1.75. The Kier molecular flexibility index (Phi) is 3.27. The predicted molar refractivity (Wildman–Crippen MR) is 88.6 cm³/mol. The summed E-state index contributed by atoms with van der Waals surface area (Å²) in [5.74, 6) is -2.25. The Morgan fingerprint density at radius 1 is 1.04 bits per heavy atom. The fraction of sp³-hybridized carbons (Fsp3) is 0.450. The van der Waals surface area contributed by atoms with Crippen LogP contribution in [0.2, 0.25) is 0 Å². The van der Waals surface area contributed by atoms with Gasteiger partial charge in [0.1, 0.15) is 6.10 Å². The first-order chi connectivity index (χ1) is 12.5. The van der Waals surface area contributed by atoms with Crippen molar-refractivity contribution in [1.29, 1.82) is 0 Å². The molecule has 6 nitrogen and oxygen atoms in total. The molecule has 26 heavy (non-hydrogen) atoms. The Morgan fingerprint density at radius 2 is 1.77 bits per heavy atom. The Labute approximate surface area is 150 Å². The molecule has 2 fully saturated rings. The number of Topliss-reactive ketones (excluding diaryl/α,β-unsaturated/α-hetero) is 2. The van der Waals surface area contributed by atoms with Gasteiger partial charge in [0, 0.05) is 17.5 Å². The maximum Gasteiger partial charge on any atom is 0.309 e. The van der Waals surface area contributed by atoms with E-state index in [0.29, 0.717) is 17.5 Å². The number of rotatable bonds is 0. The van der Waals surface area contributed by atoms with Gasteiger partial charge in [0.15, 0.2) is 23.5 Å². The first kappa shape index (κ1) is 15.9. The SMILES string of the molecule is C[C@H]1CCC[C@@]2(O1)O[C@@H]1CC(=O)O[C@@H]1C1=C2C(=O)c2ccccc2C1=O. The highest BCUT2D eigenvalue weighted by Crippen LogP contribution is 2.49. The molecule has 2 saturated heterocycles. The minimum Gasteiger partial charge on any atom is -0.454 e. The molecule has 3 aliphatic heterocycles. The zero-order valence-electron chi connectivity index (χ0n) is 14.3. The van der Waals surface area contributed by atoms with E-state index in [1.165, 1.54) is 0 Å². The van der Waals surface area contributed by atoms with E-state index in [1.807, 2.05) is 6.92 Å². The third kappa shape index (κ3) is 2.03. The van der Waals surface area contributed by atoms with E-state index in [9.17, 15) is 14.4 Å². The van der Waals surface area contributed by atoms with E-state index in [2.05, 4.69) is 0 Å². The van der Waals surface area contributed by atoms with Gasteiger partial charge < -0.3 is 14.2 Å². The minimum absolute atomic E-state index is 0.0596. The minimum atomic E-state index is -1.28. The first-order valence-electron chi connectivity index (χ1n) is 8.98. The number of hydrogen-bond donors (Lipinski definition) is 0. The fourth-order valence-corrected chi connectivity index (χ4v) is 4.57. The maximum absolute atomic E-state index is 13.3. The summed E-state index contributed by atoms with van der Waals surface area (Å²) in [5, 5.41) is 0. The number of benzene rings is 1. The molecule has 0 unspecified atom stereocenters. The van der Waals surface area contributed by atoms with E-state index >= 15 is 0 Å². The van der Waals surface area contributed by atoms with Crippen molar-refractivity contribution in [3.63, 3.8) is 0 Å². The lowest BCUT2D eigenvalue weighted by Gasteiger charge is -2.47. The zero-order valence-corrected chi connectivity index (χ0v) is 14.3. The van der Waals surface area contributed by atoms with E-state index in [4.69, 9.17) is 14.2 Å². The summed E-state index contributed by atoms with van der Waals surface area (Å²) in [4.78, 5) is 38.5. The van der Waals surface area contributed by atoms with Crippen molar-refractivity contribution in [3.8, 4) is 0 Å². The number of carbonyl (C=O) groups excluding carboxylic acids is 3. The molecule has 1 aromatic carbocycles. The van der Waals surface area contributed by atoms with Crippen LogP contribution >= 0.6 is 0 Å². The molecule has 0 N–H and O–H groups in total. The van der Waals surface area contributed by atoms with Gasteiger partial charge in [0.25, 0.3) is 0 Å². The van der Waals surface area contributed by atoms with Crippen molar-refractivity contribution < 1.29 is 28.6 Å². The molecular weight excluding hydrogens is 336 g/mol. The second kappa shape index (κ2) is 5.34. The van der Waals surface area contributed by atoms with Crippen LogP contribution in [0.3, 0.4) is 0 Å². The largest absolute Gasteiger partial charge is 0.454 e. The van der Waals surface area contributed by atoms with Crippen LogP contribution in [-0.4, -0.2) is 41.6 Å². The van der Waals surface area contributed by atoms with Gasteiger partial charge in [-0.25, -0.2) is 0 Å². The van der Waals surface area contributed by atoms with Gasteiger partial charge in [-0.3, -0.25) is 14.4 Å². The second-order valence-electron chi connectivity index (χ2n) is 7.34. The monoisotopic (exact) mass is 354 g/mol. The van der Waals surface area contributed by atoms with E-state index in [-0.39, 0.29) is 35.2 Å². The molecule has 3 heterocycles. The molecule has 4 aliphatic rings. The third-order valence-corrected chi connectivity index (χ3v) is 5.64. The lowest BCUT2D eigenvalue weighted by atomic mass is 9.74. The standard InChI is InChI=1S/C20H18O6/c1-10-5-4-8-20(25-10)16-15(19-13(26-20)9-14(21)24-19)17(22)11-6-2-3-7-12(11)18(16)23/h2-3,6-7,10,13,19H,4-5,8-9H2,1H3/t10-,13+,19-,20+/m0/s1. The van der Waals surface area contributed by atoms with Crippen LogP contribution < -0.4 is 0 Å². The maximum atomic E-state index is 13.3. The lowest BCUT2D eigenvalue weighted by Crippen LogP contribution is -2.56. The van der Waals surface area contributed by atoms with Gasteiger partial charge in [-0.15, -0.1) is 0 Å². The quantitative estimate of drug-likeness (QED) is 0.666. The van der Waals surface area contributed by atoms with Gasteiger partial charge in [0.2, 0.25) is 0 Å². The van der Waals surface area contributed by atoms with Gasteiger partial charge in [-0.2, -0.15) is 0 Å². The first-order valence-corrected chi connectivity index (χ1v) is 8.98. The van der Waals surface area contributed by atoms with Crippen LogP contribution in [-0.2, 0) is 19.0 Å². The Hall–Kier alpha value is -2.31. The van der Waals surface area contributed by atoms with Crippen LogP contribution in [0.4, 0.5) is 0 Å². The van der Waals surface area contributed by atoms with Crippen molar-refractivity contribution in [2.24, 2.45) is 0 Å². The number of ketones is 2. The van der Waals surface area contributed by atoms with Crippen LogP contribution in [0.1, 0.15) is 53.3 Å². The molecule has 5 rings (SSSR count). The second-order valence-corrected chi connectivity index (χ2v) is 7.34. The van der Waals surface area contributed by atoms with Gasteiger partial charge in [-0.05, 0) is 19.8 Å². The van der Waals surface area contributed by atoms with Gasteiger partial charge >= 0.3 is 5.97 Å². The van der Waals surface area contributed by atoms with E-state index in [1.54, 1.807) is 24.3 Å². The van der Waals surface area contributed by atoms with Crippen molar-refractivity contribution in [2.45, 2.75) is 56.7 Å². The number of ether oxygens (including phenoxy) is 3. The molecule has 4 atom stereocenters. The number of fused-ring (bicyclic) bond motifs is 4. The third-order valence-electron chi connectivity index (χ3n) is 5.64. The molecule has 0 amide bonds. The molecule has 0 bridgehead atoms. The topological polar surface area (TPSA) is 78.9 Å². The van der Waals surface area contributed by atoms with Crippen molar-refractivity contribution >= 4 is 17.5 Å². The number of hydrogen-bond acceptors (Lipinski definition) is 6. The van der Waals surface area contributed by atoms with Crippen molar-refractivity contribution in [1.82, 2.24) is 0 Å². The molecule has 6 heteroatoms. The molecule has 1 spiro atoms. The molecule has 0 aromatic heterocycles. The predicted octanol–water partition coefficient (Wildman–Crippen LogP) is 2.36. The van der Waals surface area contributed by atoms with Crippen LogP contribution in [0.5, 0.6) is 0 Å². The molecular formula is C20H18O6. The highest BCUT2D eigenvalue weighted by Gasteiger charge is 2.59. The summed E-state index contributed by atoms with van der Waals surface area (Å²) in [6.07, 6.45) is 0.664. The summed E-state index contributed by atoms with van der Waals surface area (Å²) >= 11 is 0. The van der Waals surface area contributed by atoms with Crippen LogP contribution in [0.25, 0.3) is 0 Å². The molecule has 134 valence electrons. The molecule has 0 saturated carbocycles. The zero-order chi connectivity index (χ0) is 18.1. The smallest absolute Gasteiger partial charge is 0.309 e. The van der Waals surface area contributed by atoms with Crippen molar-refractivity contribution in [2.75, 3.05) is 0 Å². The molecule has 1 aliphatic carbocycles. The van der Waals surface area contributed by atoms with Gasteiger partial charge in [0.05, 0.1) is 23.7 Å². The highest BCUT2D eigenvalue weighted by molar-refractivity contribution is 6.28. The Morgan fingerprint density at radius 3 is 2.50 bits per heavy atom. The van der Waals surface area contributed by atoms with E-state index < -0.39 is 24.0 Å². The Bertz CT molecular complexity index is 884. The summed E-state index contributed by atoms with van der Waals surface area (Å²) < 4.78 is 17.7.